The van der Waals surface area contributed by atoms with Gasteiger partial charge in [0.25, 0.3) is 0 Å². The number of benzene rings is 2. The van der Waals surface area contributed by atoms with E-state index in [2.05, 4.69) is 36.4 Å². The molecule has 32 heavy (non-hydrogen) atoms. The Morgan fingerprint density at radius 2 is 1.47 bits per heavy atom. The fourth-order valence-corrected chi connectivity index (χ4v) is 6.23. The molecule has 1 saturated heterocycles. The topological polar surface area (TPSA) is 66.8 Å². The number of carboxylic acid groups (broad SMARTS) is 1. The molecule has 0 bridgehead atoms. The van der Waals surface area contributed by atoms with Crippen LogP contribution in [0.5, 0.6) is 0 Å². The van der Waals surface area contributed by atoms with Gasteiger partial charge in [0.15, 0.2) is 0 Å². The number of amides is 1. The molecule has 0 spiro atoms. The number of piperidine rings is 1. The van der Waals surface area contributed by atoms with Gasteiger partial charge in [0.05, 0.1) is 5.92 Å². The molecule has 3 aliphatic rings. The summed E-state index contributed by atoms with van der Waals surface area (Å²) in [7, 11) is 0. The van der Waals surface area contributed by atoms with E-state index in [0.717, 1.165) is 38.5 Å². The molecule has 2 fully saturated rings. The van der Waals surface area contributed by atoms with Gasteiger partial charge in [-0.25, -0.2) is 4.79 Å². The first-order valence-electron chi connectivity index (χ1n) is 12.0. The zero-order chi connectivity index (χ0) is 22.1. The second-order valence-corrected chi connectivity index (χ2v) is 9.52. The molecule has 1 heterocycles. The smallest absolute Gasteiger partial charge is 0.409 e. The number of fused-ring (bicyclic) bond motifs is 3. The van der Waals surface area contributed by atoms with Crippen LogP contribution < -0.4 is 0 Å². The van der Waals surface area contributed by atoms with Crippen LogP contribution in [0.25, 0.3) is 11.1 Å². The molecule has 2 aliphatic carbocycles. The average Bonchev–Trinajstić information content (AvgIpc) is 3.16. The lowest BCUT2D eigenvalue weighted by Gasteiger charge is -2.39. The number of hydrogen-bond acceptors (Lipinski definition) is 3. The molecule has 1 aliphatic heterocycles. The van der Waals surface area contributed by atoms with E-state index >= 15 is 0 Å². The van der Waals surface area contributed by atoms with E-state index < -0.39 is 5.97 Å². The lowest BCUT2D eigenvalue weighted by molar-refractivity contribution is -0.146. The van der Waals surface area contributed by atoms with Crippen molar-refractivity contribution in [3.8, 4) is 11.1 Å². The molecule has 2 unspecified atom stereocenters. The fourth-order valence-electron chi connectivity index (χ4n) is 6.23. The summed E-state index contributed by atoms with van der Waals surface area (Å²) in [6.07, 6.45) is 5.45. The summed E-state index contributed by atoms with van der Waals surface area (Å²) in [5, 5.41) is 9.61. The van der Waals surface area contributed by atoms with E-state index in [1.165, 1.54) is 22.3 Å². The van der Waals surface area contributed by atoms with Crippen LogP contribution in [0.1, 0.15) is 55.6 Å². The molecule has 2 aromatic carbocycles. The molecule has 5 rings (SSSR count). The Kier molecular flexibility index (Phi) is 5.90. The van der Waals surface area contributed by atoms with Gasteiger partial charge in [0, 0.05) is 19.0 Å². The zero-order valence-corrected chi connectivity index (χ0v) is 18.4. The molecular weight excluding hydrogens is 402 g/mol. The molecule has 168 valence electrons. The zero-order valence-electron chi connectivity index (χ0n) is 18.4. The third-order valence-corrected chi connectivity index (χ3v) is 7.88. The summed E-state index contributed by atoms with van der Waals surface area (Å²) in [4.78, 5) is 26.3. The minimum Gasteiger partial charge on any atom is -0.481 e. The van der Waals surface area contributed by atoms with Gasteiger partial charge < -0.3 is 14.7 Å². The summed E-state index contributed by atoms with van der Waals surface area (Å²) >= 11 is 0. The van der Waals surface area contributed by atoms with Crippen molar-refractivity contribution in [3.05, 3.63) is 59.7 Å². The summed E-state index contributed by atoms with van der Waals surface area (Å²) < 4.78 is 5.81. The van der Waals surface area contributed by atoms with Crippen molar-refractivity contribution in [2.24, 2.45) is 17.8 Å². The number of aliphatic carboxylic acids is 1. The standard InChI is InChI=1S/C27H31NO4/c29-26(30)24-12-6-1-7-19(24)18-13-15-28(16-14-18)27(31)32-17-25-22-10-4-2-8-20(22)21-9-3-5-11-23(21)25/h2-5,8-11,18-19,24-25H,1,6-7,12-17H2,(H,29,30). The van der Waals surface area contributed by atoms with E-state index in [9.17, 15) is 14.7 Å². The molecule has 0 aromatic heterocycles. The lowest BCUT2D eigenvalue weighted by atomic mass is 9.69. The van der Waals surface area contributed by atoms with Gasteiger partial charge in [-0.1, -0.05) is 61.4 Å². The van der Waals surface area contributed by atoms with Crippen LogP contribution in [0, 0.1) is 17.8 Å². The fraction of sp³-hybridized carbons (Fsp3) is 0.481. The number of carbonyl (C=O) groups is 2. The third-order valence-electron chi connectivity index (χ3n) is 7.88. The van der Waals surface area contributed by atoms with E-state index in [1.807, 2.05) is 17.0 Å². The Hall–Kier alpha value is -2.82. The van der Waals surface area contributed by atoms with Gasteiger partial charge in [-0.05, 0) is 59.8 Å². The van der Waals surface area contributed by atoms with Gasteiger partial charge in [0.1, 0.15) is 6.61 Å². The maximum atomic E-state index is 12.8. The summed E-state index contributed by atoms with van der Waals surface area (Å²) in [6, 6.07) is 16.7. The number of ether oxygens (including phenoxy) is 1. The van der Waals surface area contributed by atoms with Crippen molar-refractivity contribution < 1.29 is 19.4 Å². The molecule has 1 amide bonds. The Morgan fingerprint density at radius 1 is 0.875 bits per heavy atom. The van der Waals surface area contributed by atoms with Gasteiger partial charge >= 0.3 is 12.1 Å². The lowest BCUT2D eigenvalue weighted by Crippen LogP contribution is -2.43. The Balaban J connectivity index is 1.19. The average molecular weight is 434 g/mol. The van der Waals surface area contributed by atoms with Crippen LogP contribution >= 0.6 is 0 Å². The van der Waals surface area contributed by atoms with Crippen LogP contribution in [0.3, 0.4) is 0 Å². The van der Waals surface area contributed by atoms with Crippen molar-refractivity contribution in [1.82, 2.24) is 4.90 Å². The maximum absolute atomic E-state index is 12.8. The van der Waals surface area contributed by atoms with Crippen molar-refractivity contribution in [2.75, 3.05) is 19.7 Å². The first-order valence-corrected chi connectivity index (χ1v) is 12.0. The maximum Gasteiger partial charge on any atom is 0.409 e. The number of nitrogens with zero attached hydrogens (tertiary/aromatic N) is 1. The van der Waals surface area contributed by atoms with Crippen LogP contribution in [0.2, 0.25) is 0 Å². The summed E-state index contributed by atoms with van der Waals surface area (Å²) in [5.74, 6) is -0.133. The predicted octanol–water partition coefficient (Wildman–Crippen LogP) is 5.54. The van der Waals surface area contributed by atoms with E-state index in [-0.39, 0.29) is 23.8 Å². The summed E-state index contributed by atoms with van der Waals surface area (Å²) in [5.41, 5.74) is 4.89. The molecule has 5 nitrogen and oxygen atoms in total. The highest BCUT2D eigenvalue weighted by Crippen LogP contribution is 2.45. The van der Waals surface area contributed by atoms with Gasteiger partial charge in [-0.3, -0.25) is 4.79 Å². The molecule has 0 radical (unpaired) electrons. The highest BCUT2D eigenvalue weighted by atomic mass is 16.6. The monoisotopic (exact) mass is 433 g/mol. The van der Waals surface area contributed by atoms with Crippen LogP contribution in [0.15, 0.2) is 48.5 Å². The molecule has 1 N–H and O–H groups in total. The van der Waals surface area contributed by atoms with Crippen molar-refractivity contribution >= 4 is 12.1 Å². The predicted molar refractivity (Wildman–Crippen MR) is 122 cm³/mol. The van der Waals surface area contributed by atoms with Gasteiger partial charge in [-0.2, -0.15) is 0 Å². The summed E-state index contributed by atoms with van der Waals surface area (Å²) in [6.45, 7) is 1.66. The van der Waals surface area contributed by atoms with Gasteiger partial charge in [0.2, 0.25) is 0 Å². The van der Waals surface area contributed by atoms with E-state index in [1.54, 1.807) is 0 Å². The van der Waals surface area contributed by atoms with E-state index in [4.69, 9.17) is 4.74 Å². The van der Waals surface area contributed by atoms with Crippen molar-refractivity contribution in [3.63, 3.8) is 0 Å². The first kappa shape index (κ1) is 21.0. The van der Waals surface area contributed by atoms with Crippen molar-refractivity contribution in [1.29, 1.82) is 0 Å². The largest absolute Gasteiger partial charge is 0.481 e. The Bertz CT molecular complexity index is 949. The number of likely N-dealkylation sites (tertiary alicyclic amines) is 1. The van der Waals surface area contributed by atoms with Crippen LogP contribution in [-0.4, -0.2) is 41.8 Å². The molecule has 5 heteroatoms. The van der Waals surface area contributed by atoms with Crippen LogP contribution in [0.4, 0.5) is 4.79 Å². The highest BCUT2D eigenvalue weighted by molar-refractivity contribution is 5.79. The van der Waals surface area contributed by atoms with Crippen molar-refractivity contribution in [2.45, 2.75) is 44.4 Å². The minimum absolute atomic E-state index is 0.0717. The van der Waals surface area contributed by atoms with E-state index in [0.29, 0.717) is 25.6 Å². The Labute approximate surface area is 189 Å². The minimum atomic E-state index is -0.645. The quantitative estimate of drug-likeness (QED) is 0.688. The number of carbonyl (C=O) groups excluding carboxylic acids is 1. The highest BCUT2D eigenvalue weighted by Gasteiger charge is 2.38. The first-order chi connectivity index (χ1) is 15.6. The molecule has 2 atom stereocenters. The third kappa shape index (κ3) is 3.89. The number of hydrogen-bond donors (Lipinski definition) is 1. The second kappa shape index (κ2) is 8.97. The SMILES string of the molecule is O=C(O)C1CCCCC1C1CCN(C(=O)OCC2c3ccccc3-c3ccccc32)CC1. The molecular formula is C27H31NO4. The number of carboxylic acids is 1. The van der Waals surface area contributed by atoms with Crippen LogP contribution in [-0.2, 0) is 9.53 Å². The Morgan fingerprint density at radius 3 is 2.09 bits per heavy atom. The van der Waals surface area contributed by atoms with Gasteiger partial charge in [-0.15, -0.1) is 0 Å². The molecule has 1 saturated carbocycles. The normalized spacial score (nSPS) is 23.4. The molecule has 2 aromatic rings. The number of rotatable bonds is 4. The second-order valence-electron chi connectivity index (χ2n) is 9.52.